The van der Waals surface area contributed by atoms with E-state index in [-0.39, 0.29) is 12.3 Å². The molecule has 0 amide bonds. The number of benzene rings is 2. The normalized spacial score (nSPS) is 14.7. The van der Waals surface area contributed by atoms with Crippen LogP contribution in [0.5, 0.6) is 11.5 Å². The van der Waals surface area contributed by atoms with Gasteiger partial charge >= 0.3 is 0 Å². The second-order valence-corrected chi connectivity index (χ2v) is 7.07. The van der Waals surface area contributed by atoms with Crippen molar-refractivity contribution in [1.29, 1.82) is 0 Å². The minimum atomic E-state index is -0.644. The van der Waals surface area contributed by atoms with Crippen LogP contribution in [0.1, 0.15) is 31.1 Å². The molecular formula is C19H22ClNO3. The van der Waals surface area contributed by atoms with Crippen LogP contribution in [0.2, 0.25) is 5.02 Å². The first-order valence-electron chi connectivity index (χ1n) is 8.01. The van der Waals surface area contributed by atoms with Crippen molar-refractivity contribution in [2.24, 2.45) is 0 Å². The van der Waals surface area contributed by atoms with Crippen molar-refractivity contribution >= 4 is 11.6 Å². The van der Waals surface area contributed by atoms with E-state index in [0.29, 0.717) is 11.6 Å². The minimum absolute atomic E-state index is 0.185. The van der Waals surface area contributed by atoms with Gasteiger partial charge in [0.2, 0.25) is 6.79 Å². The number of nitrogens with one attached hydrogen (secondary N) is 1. The first-order valence-corrected chi connectivity index (χ1v) is 8.38. The fraction of sp³-hybridized carbons (Fsp3) is 0.368. The molecule has 128 valence electrons. The highest BCUT2D eigenvalue weighted by Gasteiger charge is 2.22. The lowest BCUT2D eigenvalue weighted by molar-refractivity contribution is 0.161. The number of hydrogen-bond acceptors (Lipinski definition) is 4. The van der Waals surface area contributed by atoms with Gasteiger partial charge in [-0.25, -0.2) is 0 Å². The summed E-state index contributed by atoms with van der Waals surface area (Å²) in [6.07, 6.45) is 0.161. The van der Waals surface area contributed by atoms with E-state index < -0.39 is 6.10 Å². The second-order valence-electron chi connectivity index (χ2n) is 6.67. The zero-order valence-corrected chi connectivity index (χ0v) is 14.6. The number of aliphatic hydroxyl groups is 1. The smallest absolute Gasteiger partial charge is 0.231 e. The van der Waals surface area contributed by atoms with Crippen LogP contribution in [0.4, 0.5) is 0 Å². The van der Waals surface area contributed by atoms with E-state index in [1.807, 2.05) is 36.4 Å². The predicted octanol–water partition coefficient (Wildman–Crippen LogP) is 3.71. The third-order valence-electron chi connectivity index (χ3n) is 4.12. The van der Waals surface area contributed by atoms with Crippen molar-refractivity contribution in [3.8, 4) is 11.5 Å². The Morgan fingerprint density at radius 2 is 1.92 bits per heavy atom. The lowest BCUT2D eigenvalue weighted by atomic mass is 9.94. The van der Waals surface area contributed by atoms with Gasteiger partial charge < -0.3 is 19.9 Å². The Morgan fingerprint density at radius 1 is 1.17 bits per heavy atom. The molecule has 24 heavy (non-hydrogen) atoms. The number of rotatable bonds is 6. The number of ether oxygens (including phenoxy) is 2. The average Bonchev–Trinajstić information content (AvgIpc) is 3.00. The maximum absolute atomic E-state index is 10.4. The van der Waals surface area contributed by atoms with Crippen LogP contribution in [0, 0.1) is 0 Å². The van der Waals surface area contributed by atoms with Gasteiger partial charge in [0, 0.05) is 22.7 Å². The van der Waals surface area contributed by atoms with Gasteiger partial charge in [0.05, 0.1) is 6.10 Å². The molecule has 1 aliphatic heterocycles. The molecule has 5 heteroatoms. The highest BCUT2D eigenvalue weighted by Crippen LogP contribution is 2.33. The Kier molecular flexibility index (Phi) is 4.99. The maximum Gasteiger partial charge on any atom is 0.231 e. The molecule has 0 saturated heterocycles. The lowest BCUT2D eigenvalue weighted by Crippen LogP contribution is -2.43. The number of fused-ring (bicyclic) bond motifs is 1. The van der Waals surface area contributed by atoms with Crippen LogP contribution < -0.4 is 14.8 Å². The summed E-state index contributed by atoms with van der Waals surface area (Å²) < 4.78 is 10.8. The van der Waals surface area contributed by atoms with Gasteiger partial charge in [0.1, 0.15) is 0 Å². The quantitative estimate of drug-likeness (QED) is 0.836. The molecule has 0 fully saturated rings. The molecule has 2 aromatic carbocycles. The summed E-state index contributed by atoms with van der Waals surface area (Å²) in [4.78, 5) is 0. The Bertz CT molecular complexity index is 718. The van der Waals surface area contributed by atoms with Crippen molar-refractivity contribution in [2.75, 3.05) is 13.3 Å². The van der Waals surface area contributed by atoms with E-state index >= 15 is 0 Å². The molecule has 0 radical (unpaired) electrons. The highest BCUT2D eigenvalue weighted by molar-refractivity contribution is 6.31. The fourth-order valence-electron chi connectivity index (χ4n) is 2.85. The molecule has 0 aromatic heterocycles. The summed E-state index contributed by atoms with van der Waals surface area (Å²) in [6, 6.07) is 13.4. The largest absolute Gasteiger partial charge is 0.454 e. The number of β-amino-alcohol motifs (C(OH)–C–C–N with tert-alkyl or cyclic N) is 1. The molecule has 4 nitrogen and oxygen atoms in total. The maximum atomic E-state index is 10.4. The van der Waals surface area contributed by atoms with E-state index in [9.17, 15) is 5.11 Å². The zero-order valence-electron chi connectivity index (χ0n) is 13.9. The summed E-state index contributed by atoms with van der Waals surface area (Å²) >= 11 is 6.14. The molecule has 0 bridgehead atoms. The molecule has 0 spiro atoms. The number of aliphatic hydroxyl groups excluding tert-OH is 1. The first-order chi connectivity index (χ1) is 11.4. The molecule has 3 rings (SSSR count). The zero-order chi connectivity index (χ0) is 17.2. The van der Waals surface area contributed by atoms with Crippen LogP contribution in [-0.2, 0) is 6.42 Å². The molecule has 0 saturated carbocycles. The van der Waals surface area contributed by atoms with Gasteiger partial charge in [0.15, 0.2) is 11.5 Å². The van der Waals surface area contributed by atoms with Gasteiger partial charge in [-0.3, -0.25) is 0 Å². The Morgan fingerprint density at radius 3 is 2.71 bits per heavy atom. The summed E-state index contributed by atoms with van der Waals surface area (Å²) in [6.45, 7) is 4.93. The molecular weight excluding hydrogens is 326 g/mol. The molecule has 1 aliphatic rings. The van der Waals surface area contributed by atoms with Crippen LogP contribution in [0.25, 0.3) is 0 Å². The van der Waals surface area contributed by atoms with E-state index in [1.165, 1.54) is 0 Å². The molecule has 1 unspecified atom stereocenters. The second kappa shape index (κ2) is 7.01. The Balaban J connectivity index is 1.60. The summed E-state index contributed by atoms with van der Waals surface area (Å²) in [5, 5.41) is 14.4. The Hall–Kier alpha value is -1.75. The van der Waals surface area contributed by atoms with Gasteiger partial charge in [0.25, 0.3) is 0 Å². The summed E-state index contributed by atoms with van der Waals surface area (Å²) in [5.41, 5.74) is 1.71. The summed E-state index contributed by atoms with van der Waals surface area (Å²) in [7, 11) is 0. The van der Waals surface area contributed by atoms with Gasteiger partial charge in [-0.15, -0.1) is 0 Å². The van der Waals surface area contributed by atoms with E-state index in [1.54, 1.807) is 6.07 Å². The van der Waals surface area contributed by atoms with Crippen LogP contribution in [-0.4, -0.2) is 24.0 Å². The van der Waals surface area contributed by atoms with E-state index in [0.717, 1.165) is 29.0 Å². The predicted molar refractivity (Wildman–Crippen MR) is 94.8 cm³/mol. The highest BCUT2D eigenvalue weighted by atomic mass is 35.5. The molecule has 2 aromatic rings. The van der Waals surface area contributed by atoms with Crippen molar-refractivity contribution in [3.63, 3.8) is 0 Å². The molecule has 1 heterocycles. The van der Waals surface area contributed by atoms with Gasteiger partial charge in [-0.2, -0.15) is 0 Å². The van der Waals surface area contributed by atoms with Gasteiger partial charge in [-0.05, 0) is 44.0 Å². The third-order valence-corrected chi connectivity index (χ3v) is 4.47. The van der Waals surface area contributed by atoms with Crippen molar-refractivity contribution in [3.05, 3.63) is 58.6 Å². The van der Waals surface area contributed by atoms with Gasteiger partial charge in [-0.1, -0.05) is 35.9 Å². The number of hydrogen-bond donors (Lipinski definition) is 2. The van der Waals surface area contributed by atoms with Crippen molar-refractivity contribution in [2.45, 2.75) is 31.9 Å². The fourth-order valence-corrected chi connectivity index (χ4v) is 3.11. The number of halogens is 1. The minimum Gasteiger partial charge on any atom is -0.454 e. The SMILES string of the molecule is CC(C)(Cc1ccc2c(c1)OCO2)NCC(O)c1ccccc1Cl. The van der Waals surface area contributed by atoms with Crippen molar-refractivity contribution < 1.29 is 14.6 Å². The van der Waals surface area contributed by atoms with Crippen molar-refractivity contribution in [1.82, 2.24) is 5.32 Å². The van der Waals surface area contributed by atoms with E-state index in [2.05, 4.69) is 19.2 Å². The lowest BCUT2D eigenvalue weighted by Gasteiger charge is -2.28. The van der Waals surface area contributed by atoms with Crippen LogP contribution in [0.3, 0.4) is 0 Å². The Labute approximate surface area is 147 Å². The standard InChI is InChI=1S/C19H22ClNO3/c1-19(2,10-13-7-8-17-18(9-13)24-12-23-17)21-11-16(22)14-5-3-4-6-15(14)20/h3-9,16,21-22H,10-12H2,1-2H3. The van der Waals surface area contributed by atoms with E-state index in [4.69, 9.17) is 21.1 Å². The monoisotopic (exact) mass is 347 g/mol. The first kappa shape index (κ1) is 17.1. The average molecular weight is 348 g/mol. The molecule has 2 N–H and O–H groups in total. The third kappa shape index (κ3) is 4.01. The van der Waals surface area contributed by atoms with Crippen LogP contribution >= 0.6 is 11.6 Å². The molecule has 1 atom stereocenters. The van der Waals surface area contributed by atoms with Crippen LogP contribution in [0.15, 0.2) is 42.5 Å². The topological polar surface area (TPSA) is 50.7 Å². The summed E-state index contributed by atoms with van der Waals surface area (Å²) in [5.74, 6) is 1.58. The molecule has 0 aliphatic carbocycles.